The normalized spacial score (nSPS) is 13.9. The largest absolute Gasteiger partial charge is 0.372 e. The van der Waals surface area contributed by atoms with E-state index >= 15 is 0 Å². The van der Waals surface area contributed by atoms with Gasteiger partial charge >= 0.3 is 0 Å². The minimum atomic E-state index is -0.353. The minimum Gasteiger partial charge on any atom is -0.372 e. The highest BCUT2D eigenvalue weighted by Gasteiger charge is 2.15. The Balaban J connectivity index is 1.59. The van der Waals surface area contributed by atoms with Crippen LogP contribution in [0.2, 0.25) is 0 Å². The molecule has 1 fully saturated rings. The summed E-state index contributed by atoms with van der Waals surface area (Å²) in [5, 5.41) is 2.72. The predicted octanol–water partition coefficient (Wildman–Crippen LogP) is 4.20. The lowest BCUT2D eigenvalue weighted by molar-refractivity contribution is -0.117. The van der Waals surface area contributed by atoms with Crippen LogP contribution in [0.25, 0.3) is 0 Å². The first-order valence-electron chi connectivity index (χ1n) is 9.71. The van der Waals surface area contributed by atoms with Gasteiger partial charge in [0.25, 0.3) is 0 Å². The molecule has 2 aromatic carbocycles. The molecule has 0 unspecified atom stereocenters. The summed E-state index contributed by atoms with van der Waals surface area (Å²) in [5.41, 5.74) is 2.48. The van der Waals surface area contributed by atoms with Gasteiger partial charge in [0, 0.05) is 50.0 Å². The molecule has 3 rings (SSSR count). The van der Waals surface area contributed by atoms with Crippen LogP contribution in [-0.2, 0) is 9.59 Å². The summed E-state index contributed by atoms with van der Waals surface area (Å²) in [5.74, 6) is -0.683. The van der Waals surface area contributed by atoms with E-state index in [1.54, 1.807) is 4.90 Å². The second-order valence-electron chi connectivity index (χ2n) is 7.04. The number of hydrogen-bond donors (Lipinski definition) is 1. The van der Waals surface area contributed by atoms with Crippen molar-refractivity contribution in [3.63, 3.8) is 0 Å². The van der Waals surface area contributed by atoms with Crippen molar-refractivity contribution in [2.75, 3.05) is 34.8 Å². The van der Waals surface area contributed by atoms with Gasteiger partial charge in [0.2, 0.25) is 11.8 Å². The summed E-state index contributed by atoms with van der Waals surface area (Å²) < 4.78 is 12.9. The van der Waals surface area contributed by atoms with E-state index in [-0.39, 0.29) is 30.6 Å². The van der Waals surface area contributed by atoms with Gasteiger partial charge in [0.05, 0.1) is 0 Å². The van der Waals surface area contributed by atoms with Gasteiger partial charge in [-0.25, -0.2) is 4.39 Å². The van der Waals surface area contributed by atoms with Gasteiger partial charge in [-0.05, 0) is 67.8 Å². The number of amides is 2. The van der Waals surface area contributed by atoms with Crippen molar-refractivity contribution < 1.29 is 14.0 Å². The van der Waals surface area contributed by atoms with Gasteiger partial charge in [0.15, 0.2) is 0 Å². The van der Waals surface area contributed by atoms with Crippen molar-refractivity contribution in [1.82, 2.24) is 0 Å². The maximum atomic E-state index is 12.9. The molecule has 0 spiro atoms. The molecule has 0 atom stereocenters. The van der Waals surface area contributed by atoms with E-state index in [2.05, 4.69) is 10.2 Å². The zero-order valence-electron chi connectivity index (χ0n) is 16.2. The third kappa shape index (κ3) is 5.31. The molecule has 5 nitrogen and oxygen atoms in total. The van der Waals surface area contributed by atoms with E-state index in [0.29, 0.717) is 5.69 Å². The summed E-state index contributed by atoms with van der Waals surface area (Å²) >= 11 is 0. The third-order valence-corrected chi connectivity index (χ3v) is 4.95. The molecule has 1 aliphatic rings. The number of piperidine rings is 1. The smallest absolute Gasteiger partial charge is 0.226 e. The van der Waals surface area contributed by atoms with Gasteiger partial charge in [-0.3, -0.25) is 9.59 Å². The van der Waals surface area contributed by atoms with Gasteiger partial charge in [0.1, 0.15) is 5.82 Å². The van der Waals surface area contributed by atoms with Crippen molar-refractivity contribution in [1.29, 1.82) is 0 Å². The number of carbonyl (C=O) groups excluding carboxylic acids is 2. The Bertz CT molecular complexity index is 800. The quantitative estimate of drug-likeness (QED) is 0.813. The highest BCUT2D eigenvalue weighted by Crippen LogP contribution is 2.24. The fraction of sp³-hybridized carbons (Fsp3) is 0.364. The van der Waals surface area contributed by atoms with Gasteiger partial charge in [-0.2, -0.15) is 0 Å². The Morgan fingerprint density at radius 3 is 2.25 bits per heavy atom. The van der Waals surface area contributed by atoms with E-state index in [0.717, 1.165) is 18.8 Å². The van der Waals surface area contributed by atoms with Crippen LogP contribution < -0.4 is 15.1 Å². The van der Waals surface area contributed by atoms with E-state index in [4.69, 9.17) is 0 Å². The summed E-state index contributed by atoms with van der Waals surface area (Å²) in [6, 6.07) is 13.5. The number of anilines is 3. The predicted molar refractivity (Wildman–Crippen MR) is 110 cm³/mol. The summed E-state index contributed by atoms with van der Waals surface area (Å²) in [6.07, 6.45) is 3.87. The SMILES string of the molecule is CC(=O)N(CCC(=O)Nc1ccc(F)cc1)c1ccc(N2CCCCC2)cc1. The second kappa shape index (κ2) is 9.35. The fourth-order valence-corrected chi connectivity index (χ4v) is 3.43. The first kappa shape index (κ1) is 19.9. The first-order valence-corrected chi connectivity index (χ1v) is 9.71. The highest BCUT2D eigenvalue weighted by molar-refractivity contribution is 5.94. The number of halogens is 1. The summed E-state index contributed by atoms with van der Waals surface area (Å²) in [4.78, 5) is 28.2. The van der Waals surface area contributed by atoms with E-state index < -0.39 is 0 Å². The summed E-state index contributed by atoms with van der Waals surface area (Å²) in [6.45, 7) is 3.92. The molecule has 28 heavy (non-hydrogen) atoms. The minimum absolute atomic E-state index is 0.111. The zero-order chi connectivity index (χ0) is 19.9. The Kier molecular flexibility index (Phi) is 6.63. The molecule has 1 saturated heterocycles. The van der Waals surface area contributed by atoms with Crippen molar-refractivity contribution in [3.8, 4) is 0 Å². The maximum absolute atomic E-state index is 12.9. The lowest BCUT2D eigenvalue weighted by Gasteiger charge is -2.29. The van der Waals surface area contributed by atoms with E-state index in [9.17, 15) is 14.0 Å². The molecule has 2 aromatic rings. The van der Waals surface area contributed by atoms with Crippen LogP contribution in [0.15, 0.2) is 48.5 Å². The van der Waals surface area contributed by atoms with Gasteiger partial charge in [-0.15, -0.1) is 0 Å². The maximum Gasteiger partial charge on any atom is 0.226 e. The van der Waals surface area contributed by atoms with Crippen molar-refractivity contribution in [2.45, 2.75) is 32.6 Å². The lowest BCUT2D eigenvalue weighted by Crippen LogP contribution is -2.32. The Morgan fingerprint density at radius 1 is 1.00 bits per heavy atom. The molecule has 0 aliphatic carbocycles. The fourth-order valence-electron chi connectivity index (χ4n) is 3.43. The molecular weight excluding hydrogens is 357 g/mol. The Morgan fingerprint density at radius 2 is 1.64 bits per heavy atom. The number of carbonyl (C=O) groups is 2. The van der Waals surface area contributed by atoms with Crippen LogP contribution in [0.5, 0.6) is 0 Å². The van der Waals surface area contributed by atoms with Crippen LogP contribution in [0.4, 0.5) is 21.5 Å². The van der Waals surface area contributed by atoms with Gasteiger partial charge < -0.3 is 15.1 Å². The number of hydrogen-bond acceptors (Lipinski definition) is 3. The highest BCUT2D eigenvalue weighted by atomic mass is 19.1. The molecule has 148 valence electrons. The van der Waals surface area contributed by atoms with E-state index in [1.807, 2.05) is 24.3 Å². The molecule has 1 aliphatic heterocycles. The topological polar surface area (TPSA) is 52.7 Å². The van der Waals surface area contributed by atoms with Crippen LogP contribution in [0.1, 0.15) is 32.6 Å². The lowest BCUT2D eigenvalue weighted by atomic mass is 10.1. The average molecular weight is 383 g/mol. The molecule has 0 aromatic heterocycles. The number of benzene rings is 2. The number of nitrogens with one attached hydrogen (secondary N) is 1. The molecule has 0 saturated carbocycles. The molecule has 1 N–H and O–H groups in total. The standard InChI is InChI=1S/C22H26FN3O2/c1-17(27)26(16-13-22(28)24-19-7-5-18(23)6-8-19)21-11-9-20(10-12-21)25-14-3-2-4-15-25/h5-12H,2-4,13-16H2,1H3,(H,24,28). The van der Waals surface area contributed by atoms with Crippen LogP contribution >= 0.6 is 0 Å². The van der Waals surface area contributed by atoms with Gasteiger partial charge in [-0.1, -0.05) is 0 Å². The zero-order valence-corrected chi connectivity index (χ0v) is 16.2. The molecule has 2 amide bonds. The number of rotatable bonds is 6. The monoisotopic (exact) mass is 383 g/mol. The molecular formula is C22H26FN3O2. The average Bonchev–Trinajstić information content (AvgIpc) is 2.71. The van der Waals surface area contributed by atoms with Crippen LogP contribution in [0, 0.1) is 5.82 Å². The third-order valence-electron chi connectivity index (χ3n) is 4.95. The van der Waals surface area contributed by atoms with Crippen molar-refractivity contribution in [3.05, 3.63) is 54.3 Å². The molecule has 1 heterocycles. The molecule has 6 heteroatoms. The van der Waals surface area contributed by atoms with Crippen molar-refractivity contribution in [2.24, 2.45) is 0 Å². The Hall–Kier alpha value is -2.89. The second-order valence-corrected chi connectivity index (χ2v) is 7.04. The first-order chi connectivity index (χ1) is 13.5. The Labute approximate surface area is 165 Å². The van der Waals surface area contributed by atoms with Crippen LogP contribution in [0.3, 0.4) is 0 Å². The molecule has 0 radical (unpaired) electrons. The van der Waals surface area contributed by atoms with Crippen molar-refractivity contribution >= 4 is 28.9 Å². The number of nitrogens with zero attached hydrogens (tertiary/aromatic N) is 2. The summed E-state index contributed by atoms with van der Waals surface area (Å²) in [7, 11) is 0. The molecule has 0 bridgehead atoms. The van der Waals surface area contributed by atoms with Crippen LogP contribution in [-0.4, -0.2) is 31.4 Å². The van der Waals surface area contributed by atoms with E-state index in [1.165, 1.54) is 56.1 Å².